The Labute approximate surface area is 111 Å². The molecule has 7 heteroatoms. The van der Waals surface area contributed by atoms with Gasteiger partial charge in [-0.1, -0.05) is 20.1 Å². The predicted molar refractivity (Wildman–Crippen MR) is 63.9 cm³/mol. The summed E-state index contributed by atoms with van der Waals surface area (Å²) in [6.07, 6.45) is 0.0821. The summed E-state index contributed by atoms with van der Waals surface area (Å²) in [6.45, 7) is 11.2. The SMILES string of the molecule is C=C(C)C(=O)[O][Al]([O]C(=O)CC)[O]C(=O)C(=C)C. The second kappa shape index (κ2) is 7.69. The highest BCUT2D eigenvalue weighted by molar-refractivity contribution is 6.45. The molecule has 6 nitrogen and oxygen atoms in total. The van der Waals surface area contributed by atoms with Gasteiger partial charge in [0.05, 0.1) is 0 Å². The summed E-state index contributed by atoms with van der Waals surface area (Å²) >= 11 is -3.21. The molecule has 0 fully saturated rings. The highest BCUT2D eigenvalue weighted by Gasteiger charge is 2.48. The summed E-state index contributed by atoms with van der Waals surface area (Å²) in [5.41, 5.74) is 0.234. The van der Waals surface area contributed by atoms with Crippen LogP contribution in [0.3, 0.4) is 0 Å². The maximum absolute atomic E-state index is 11.3. The number of carbonyl (C=O) groups excluding carboxylic acids is 3. The van der Waals surface area contributed by atoms with Crippen LogP contribution in [0.4, 0.5) is 0 Å². The second-order valence-corrected chi connectivity index (χ2v) is 4.79. The van der Waals surface area contributed by atoms with Gasteiger partial charge in [-0.2, -0.15) is 0 Å². The van der Waals surface area contributed by atoms with Crippen LogP contribution < -0.4 is 0 Å². The molecule has 0 saturated heterocycles. The molecule has 0 unspecified atom stereocenters. The summed E-state index contributed by atoms with van der Waals surface area (Å²) in [6, 6.07) is 0. The maximum Gasteiger partial charge on any atom is 1.20 e. The van der Waals surface area contributed by atoms with Crippen molar-refractivity contribution in [3.05, 3.63) is 24.3 Å². The fourth-order valence-electron chi connectivity index (χ4n) is 0.639. The molecular formula is C11H15AlO6. The van der Waals surface area contributed by atoms with E-state index in [1.165, 1.54) is 13.8 Å². The Morgan fingerprint density at radius 2 is 1.33 bits per heavy atom. The van der Waals surface area contributed by atoms with Gasteiger partial charge in [-0.3, -0.25) is 14.4 Å². The Hall–Kier alpha value is -1.58. The lowest BCUT2D eigenvalue weighted by atomic mass is 10.4. The number of hydrogen-bond donors (Lipinski definition) is 0. The third-order valence-electron chi connectivity index (χ3n) is 1.62. The third kappa shape index (κ3) is 6.23. The molecule has 0 aliphatic heterocycles. The first-order chi connectivity index (χ1) is 8.27. The van der Waals surface area contributed by atoms with E-state index in [1.54, 1.807) is 6.92 Å². The molecule has 0 atom stereocenters. The Balaban J connectivity index is 4.66. The van der Waals surface area contributed by atoms with Crippen LogP contribution in [-0.4, -0.2) is 33.1 Å². The summed E-state index contributed by atoms with van der Waals surface area (Å²) in [7, 11) is 0. The molecule has 0 amide bonds. The molecule has 0 saturated carbocycles. The zero-order chi connectivity index (χ0) is 14.3. The summed E-state index contributed by atoms with van der Waals surface area (Å²) < 4.78 is 14.3. The van der Waals surface area contributed by atoms with Crippen molar-refractivity contribution < 1.29 is 25.7 Å². The normalized spacial score (nSPS) is 9.06. The topological polar surface area (TPSA) is 78.9 Å². The van der Waals surface area contributed by atoms with Gasteiger partial charge in [0.25, 0.3) is 5.97 Å². The lowest BCUT2D eigenvalue weighted by Crippen LogP contribution is -2.35. The number of carbonyl (C=O) groups is 3. The Kier molecular flexibility index (Phi) is 7.02. The molecule has 0 bridgehead atoms. The molecular weight excluding hydrogens is 255 g/mol. The first-order valence-corrected chi connectivity index (χ1v) is 6.61. The van der Waals surface area contributed by atoms with Crippen LogP contribution in [-0.2, 0) is 25.7 Å². The van der Waals surface area contributed by atoms with Gasteiger partial charge in [-0.15, -0.1) is 0 Å². The summed E-state index contributed by atoms with van der Waals surface area (Å²) in [5, 5.41) is 0. The Bertz CT molecular complexity index is 359. The lowest BCUT2D eigenvalue weighted by molar-refractivity contribution is -0.144. The first kappa shape index (κ1) is 16.4. The van der Waals surface area contributed by atoms with Gasteiger partial charge in [-0.05, 0) is 13.8 Å². The van der Waals surface area contributed by atoms with E-state index in [0.717, 1.165) is 0 Å². The highest BCUT2D eigenvalue weighted by Crippen LogP contribution is 2.03. The molecule has 0 rings (SSSR count). The average molecular weight is 270 g/mol. The van der Waals surface area contributed by atoms with Crippen LogP contribution >= 0.6 is 0 Å². The minimum Gasteiger partial charge on any atom is -0.551 e. The van der Waals surface area contributed by atoms with E-state index in [1.807, 2.05) is 0 Å². The van der Waals surface area contributed by atoms with Crippen LogP contribution in [0.2, 0.25) is 0 Å². The van der Waals surface area contributed by atoms with E-state index in [2.05, 4.69) is 13.2 Å². The van der Waals surface area contributed by atoms with Crippen molar-refractivity contribution in [2.24, 2.45) is 0 Å². The van der Waals surface area contributed by atoms with Crippen molar-refractivity contribution in [1.29, 1.82) is 0 Å². The molecule has 0 heterocycles. The molecule has 0 aliphatic rings. The fraction of sp³-hybridized carbons (Fsp3) is 0.364. The molecule has 18 heavy (non-hydrogen) atoms. The molecule has 0 N–H and O–H groups in total. The zero-order valence-corrected chi connectivity index (χ0v) is 11.8. The Morgan fingerprint density at radius 1 is 0.944 bits per heavy atom. The molecule has 0 aromatic carbocycles. The summed E-state index contributed by atoms with van der Waals surface area (Å²) in [4.78, 5) is 33.7. The van der Waals surface area contributed by atoms with E-state index < -0.39 is 33.1 Å². The minimum absolute atomic E-state index is 0.0821. The van der Waals surface area contributed by atoms with Gasteiger partial charge in [0.1, 0.15) is 0 Å². The van der Waals surface area contributed by atoms with Crippen molar-refractivity contribution >= 4 is 33.1 Å². The van der Waals surface area contributed by atoms with Crippen molar-refractivity contribution in [1.82, 2.24) is 0 Å². The van der Waals surface area contributed by atoms with Gasteiger partial charge in [0.2, 0.25) is 0 Å². The summed E-state index contributed by atoms with van der Waals surface area (Å²) in [5.74, 6) is -2.16. The van der Waals surface area contributed by atoms with Gasteiger partial charge in [0, 0.05) is 17.6 Å². The zero-order valence-electron chi connectivity index (χ0n) is 10.6. The van der Waals surface area contributed by atoms with Crippen molar-refractivity contribution in [3.63, 3.8) is 0 Å². The average Bonchev–Trinajstić information content (AvgIpc) is 2.27. The quantitative estimate of drug-likeness (QED) is 0.532. The van der Waals surface area contributed by atoms with Gasteiger partial charge in [0.15, 0.2) is 0 Å². The molecule has 0 radical (unpaired) electrons. The van der Waals surface area contributed by atoms with Crippen LogP contribution in [0.5, 0.6) is 0 Å². The molecule has 0 spiro atoms. The van der Waals surface area contributed by atoms with E-state index >= 15 is 0 Å². The van der Waals surface area contributed by atoms with Crippen LogP contribution in [0.15, 0.2) is 24.3 Å². The monoisotopic (exact) mass is 270 g/mol. The van der Waals surface area contributed by atoms with Crippen molar-refractivity contribution in [3.8, 4) is 0 Å². The van der Waals surface area contributed by atoms with E-state index in [9.17, 15) is 14.4 Å². The van der Waals surface area contributed by atoms with E-state index in [0.29, 0.717) is 0 Å². The van der Waals surface area contributed by atoms with Gasteiger partial charge < -0.3 is 11.4 Å². The van der Waals surface area contributed by atoms with Gasteiger partial charge in [-0.25, -0.2) is 0 Å². The number of rotatable bonds is 6. The molecule has 0 aromatic rings. The standard InChI is InChI=1S/2C4H6O2.C3H6O2.Al/c2*1-3(2)4(5)6;1-2-3(4)5;/h2*1H2,2H3,(H,5,6);2H2,1H3,(H,4,5);/q;;;+3/p-3. The lowest BCUT2D eigenvalue weighted by Gasteiger charge is -2.12. The molecule has 0 aliphatic carbocycles. The van der Waals surface area contributed by atoms with Crippen LogP contribution in [0.1, 0.15) is 27.2 Å². The molecule has 0 aromatic heterocycles. The second-order valence-electron chi connectivity index (χ2n) is 3.50. The number of hydrogen-bond acceptors (Lipinski definition) is 6. The van der Waals surface area contributed by atoms with Crippen LogP contribution in [0, 0.1) is 0 Å². The fourth-order valence-corrected chi connectivity index (χ4v) is 1.92. The van der Waals surface area contributed by atoms with Crippen molar-refractivity contribution in [2.75, 3.05) is 0 Å². The maximum atomic E-state index is 11.3. The highest BCUT2D eigenvalue weighted by atomic mass is 27.3. The van der Waals surface area contributed by atoms with Crippen LogP contribution in [0.25, 0.3) is 0 Å². The third-order valence-corrected chi connectivity index (χ3v) is 2.89. The molecule has 98 valence electrons. The van der Waals surface area contributed by atoms with Gasteiger partial charge >= 0.3 is 27.1 Å². The van der Waals surface area contributed by atoms with E-state index in [4.69, 9.17) is 11.4 Å². The first-order valence-electron chi connectivity index (χ1n) is 5.20. The van der Waals surface area contributed by atoms with Crippen molar-refractivity contribution in [2.45, 2.75) is 27.2 Å². The Morgan fingerprint density at radius 3 is 1.61 bits per heavy atom. The largest absolute Gasteiger partial charge is 1.20 e. The van der Waals surface area contributed by atoms with E-state index in [-0.39, 0.29) is 17.6 Å². The smallest absolute Gasteiger partial charge is 0.551 e. The minimum atomic E-state index is -3.21. The predicted octanol–water partition coefficient (Wildman–Crippen LogP) is 1.16.